The summed E-state index contributed by atoms with van der Waals surface area (Å²) in [6.07, 6.45) is 0.474. The Balaban J connectivity index is 2.87. The zero-order valence-electron chi connectivity index (χ0n) is 12.5. The summed E-state index contributed by atoms with van der Waals surface area (Å²) in [5.74, 6) is -0.710. The molecule has 20 heavy (non-hydrogen) atoms. The lowest BCUT2D eigenvalue weighted by molar-refractivity contribution is -0.160. The van der Waals surface area contributed by atoms with Crippen LogP contribution in [0.2, 0.25) is 0 Å². The van der Waals surface area contributed by atoms with Gasteiger partial charge in [0, 0.05) is 6.04 Å². The van der Waals surface area contributed by atoms with Crippen molar-refractivity contribution in [3.63, 3.8) is 0 Å². The third-order valence-corrected chi connectivity index (χ3v) is 2.86. The number of esters is 1. The van der Waals surface area contributed by atoms with Gasteiger partial charge in [0.15, 0.2) is 0 Å². The van der Waals surface area contributed by atoms with E-state index in [1.165, 1.54) is 0 Å². The van der Waals surface area contributed by atoms with Gasteiger partial charge in [-0.25, -0.2) is 0 Å². The smallest absolute Gasteiger partial charge is 0.311 e. The minimum atomic E-state index is -0.529. The van der Waals surface area contributed by atoms with Crippen LogP contribution < -0.4 is 5.73 Å². The van der Waals surface area contributed by atoms with Gasteiger partial charge in [0.25, 0.3) is 0 Å². The number of rotatable bonds is 4. The molecule has 2 unspecified atom stereocenters. The van der Waals surface area contributed by atoms with Crippen LogP contribution in [-0.4, -0.2) is 17.6 Å². The van der Waals surface area contributed by atoms with Gasteiger partial charge in [-0.2, -0.15) is 5.26 Å². The highest BCUT2D eigenvalue weighted by atomic mass is 16.6. The highest BCUT2D eigenvalue weighted by molar-refractivity contribution is 5.74. The lowest BCUT2D eigenvalue weighted by Gasteiger charge is -2.26. The number of ether oxygens (including phenoxy) is 1. The van der Waals surface area contributed by atoms with Crippen molar-refractivity contribution < 1.29 is 9.53 Å². The largest absolute Gasteiger partial charge is 0.460 e. The molecule has 0 radical (unpaired) electrons. The minimum absolute atomic E-state index is 0.296. The molecule has 2 atom stereocenters. The highest BCUT2D eigenvalue weighted by Crippen LogP contribution is 2.18. The molecule has 1 rings (SSSR count). The van der Waals surface area contributed by atoms with Crippen LogP contribution in [0.5, 0.6) is 0 Å². The van der Waals surface area contributed by atoms with Crippen molar-refractivity contribution >= 4 is 5.97 Å². The molecule has 0 saturated carbocycles. The van der Waals surface area contributed by atoms with Crippen LogP contribution in [0.4, 0.5) is 0 Å². The second-order valence-corrected chi connectivity index (χ2v) is 6.02. The molecule has 1 aromatic rings. The Bertz CT molecular complexity index is 510. The average molecular weight is 274 g/mol. The fourth-order valence-corrected chi connectivity index (χ4v) is 1.88. The Morgan fingerprint density at radius 2 is 2.10 bits per heavy atom. The van der Waals surface area contributed by atoms with Crippen molar-refractivity contribution in [1.82, 2.24) is 0 Å². The van der Waals surface area contributed by atoms with E-state index in [4.69, 9.17) is 15.7 Å². The average Bonchev–Trinajstić information content (AvgIpc) is 2.33. The Labute approximate surface area is 120 Å². The van der Waals surface area contributed by atoms with Crippen molar-refractivity contribution in [2.24, 2.45) is 11.7 Å². The summed E-state index contributed by atoms with van der Waals surface area (Å²) in [5.41, 5.74) is 6.87. The van der Waals surface area contributed by atoms with Gasteiger partial charge in [0.2, 0.25) is 0 Å². The number of nitrogens with zero attached hydrogens (tertiary/aromatic N) is 1. The Hall–Kier alpha value is -1.86. The van der Waals surface area contributed by atoms with Gasteiger partial charge >= 0.3 is 5.97 Å². The second-order valence-electron chi connectivity index (χ2n) is 6.02. The number of carbonyl (C=O) groups excluding carboxylic acids is 1. The van der Waals surface area contributed by atoms with Crippen LogP contribution in [0.3, 0.4) is 0 Å². The molecular formula is C16H22N2O2. The number of nitriles is 1. The lowest BCUT2D eigenvalue weighted by Crippen LogP contribution is -2.39. The third-order valence-electron chi connectivity index (χ3n) is 2.86. The number of benzene rings is 1. The van der Waals surface area contributed by atoms with Crippen molar-refractivity contribution in [1.29, 1.82) is 5.26 Å². The van der Waals surface area contributed by atoms with E-state index in [-0.39, 0.29) is 12.0 Å². The number of hydrogen-bond donors (Lipinski definition) is 1. The van der Waals surface area contributed by atoms with Crippen LogP contribution in [0.15, 0.2) is 24.3 Å². The first-order chi connectivity index (χ1) is 9.23. The van der Waals surface area contributed by atoms with E-state index >= 15 is 0 Å². The molecule has 4 nitrogen and oxygen atoms in total. The summed E-state index contributed by atoms with van der Waals surface area (Å²) in [4.78, 5) is 12.2. The standard InChI is InChI=1S/C16H22N2O2/c1-11(18)14(15(19)20-16(2,3)4)9-12-6-5-7-13(8-12)10-17/h5-8,11,14H,9,18H2,1-4H3. The van der Waals surface area contributed by atoms with Crippen LogP contribution in [0.1, 0.15) is 38.8 Å². The maximum atomic E-state index is 12.2. The topological polar surface area (TPSA) is 76.1 Å². The Kier molecular flexibility index (Phi) is 5.29. The van der Waals surface area contributed by atoms with Crippen LogP contribution in [-0.2, 0) is 16.0 Å². The highest BCUT2D eigenvalue weighted by Gasteiger charge is 2.28. The van der Waals surface area contributed by atoms with Crippen molar-refractivity contribution in [3.8, 4) is 6.07 Å². The second kappa shape index (κ2) is 6.53. The van der Waals surface area contributed by atoms with Gasteiger partial charge in [-0.15, -0.1) is 0 Å². The first-order valence-electron chi connectivity index (χ1n) is 6.70. The van der Waals surface area contributed by atoms with E-state index in [2.05, 4.69) is 6.07 Å². The molecule has 0 heterocycles. The van der Waals surface area contributed by atoms with E-state index in [9.17, 15) is 4.79 Å². The summed E-state index contributed by atoms with van der Waals surface area (Å²) in [5, 5.41) is 8.90. The third kappa shape index (κ3) is 5.02. The number of hydrogen-bond acceptors (Lipinski definition) is 4. The molecule has 0 aromatic heterocycles. The first-order valence-corrected chi connectivity index (χ1v) is 6.70. The maximum Gasteiger partial charge on any atom is 0.311 e. The van der Waals surface area contributed by atoms with E-state index in [1.54, 1.807) is 25.1 Å². The molecule has 0 fully saturated rings. The summed E-state index contributed by atoms with van der Waals surface area (Å²) >= 11 is 0. The van der Waals surface area contributed by atoms with Gasteiger partial charge in [-0.05, 0) is 51.8 Å². The molecule has 0 aliphatic rings. The molecule has 0 saturated heterocycles. The number of carbonyl (C=O) groups is 1. The van der Waals surface area contributed by atoms with Gasteiger partial charge in [-0.3, -0.25) is 4.79 Å². The van der Waals surface area contributed by atoms with Gasteiger partial charge in [0.05, 0.1) is 17.6 Å². The van der Waals surface area contributed by atoms with Crippen molar-refractivity contribution in [2.45, 2.75) is 45.8 Å². The van der Waals surface area contributed by atoms with Gasteiger partial charge < -0.3 is 10.5 Å². The monoisotopic (exact) mass is 274 g/mol. The first kappa shape index (κ1) is 16.2. The summed E-state index contributed by atoms with van der Waals surface area (Å²) in [7, 11) is 0. The quantitative estimate of drug-likeness (QED) is 0.855. The molecule has 2 N–H and O–H groups in total. The summed E-state index contributed by atoms with van der Waals surface area (Å²) in [6.45, 7) is 7.29. The zero-order valence-corrected chi connectivity index (χ0v) is 12.5. The van der Waals surface area contributed by atoms with Gasteiger partial charge in [-0.1, -0.05) is 12.1 Å². The van der Waals surface area contributed by atoms with Crippen LogP contribution >= 0.6 is 0 Å². The molecule has 0 spiro atoms. The molecule has 0 amide bonds. The molecule has 0 aliphatic carbocycles. The van der Waals surface area contributed by atoms with E-state index in [0.29, 0.717) is 12.0 Å². The van der Waals surface area contributed by atoms with Crippen molar-refractivity contribution in [3.05, 3.63) is 35.4 Å². The Morgan fingerprint density at radius 3 is 2.60 bits per heavy atom. The van der Waals surface area contributed by atoms with Gasteiger partial charge in [0.1, 0.15) is 5.60 Å². The fraction of sp³-hybridized carbons (Fsp3) is 0.500. The molecule has 4 heteroatoms. The summed E-state index contributed by atoms with van der Waals surface area (Å²) < 4.78 is 5.41. The lowest BCUT2D eigenvalue weighted by atomic mass is 9.92. The van der Waals surface area contributed by atoms with Crippen molar-refractivity contribution in [2.75, 3.05) is 0 Å². The predicted octanol–water partition coefficient (Wildman–Crippen LogP) is 2.41. The van der Waals surface area contributed by atoms with E-state index in [0.717, 1.165) is 5.56 Å². The maximum absolute atomic E-state index is 12.2. The fourth-order valence-electron chi connectivity index (χ4n) is 1.88. The summed E-state index contributed by atoms with van der Waals surface area (Å²) in [6, 6.07) is 8.99. The number of nitrogens with two attached hydrogens (primary N) is 1. The minimum Gasteiger partial charge on any atom is -0.460 e. The Morgan fingerprint density at radius 1 is 1.45 bits per heavy atom. The van der Waals surface area contributed by atoms with Crippen LogP contribution in [0.25, 0.3) is 0 Å². The predicted molar refractivity (Wildman–Crippen MR) is 77.8 cm³/mol. The molecule has 108 valence electrons. The molecule has 0 aliphatic heterocycles. The SMILES string of the molecule is CC(N)C(Cc1cccc(C#N)c1)C(=O)OC(C)(C)C. The van der Waals surface area contributed by atoms with E-state index < -0.39 is 11.5 Å². The molecule has 0 bridgehead atoms. The normalized spacial score (nSPS) is 14.2. The zero-order chi connectivity index (χ0) is 15.3. The van der Waals surface area contributed by atoms with E-state index in [1.807, 2.05) is 26.8 Å². The van der Waals surface area contributed by atoms with Crippen LogP contribution in [0, 0.1) is 17.2 Å². The molecular weight excluding hydrogens is 252 g/mol. The molecule has 1 aromatic carbocycles.